The summed E-state index contributed by atoms with van der Waals surface area (Å²) in [5, 5.41) is -0.0885. The third kappa shape index (κ3) is 3.51. The van der Waals surface area contributed by atoms with Crippen LogP contribution >= 0.6 is 24.0 Å². The Balaban J connectivity index is 0.00000220. The molecule has 0 amide bonds. The van der Waals surface area contributed by atoms with E-state index >= 15 is 0 Å². The lowest BCUT2D eigenvalue weighted by molar-refractivity contribution is 0.349. The molecule has 4 nitrogen and oxygen atoms in total. The van der Waals surface area contributed by atoms with Crippen molar-refractivity contribution in [3.05, 3.63) is 28.5 Å². The minimum Gasteiger partial charge on any atom is -0.330 e. The number of benzene rings is 1. The molecule has 120 valence electrons. The third-order valence-electron chi connectivity index (χ3n) is 3.85. The first-order valence-electron chi connectivity index (χ1n) is 6.35. The predicted molar refractivity (Wildman–Crippen MR) is 83.9 cm³/mol. The van der Waals surface area contributed by atoms with E-state index in [1.54, 1.807) is 0 Å². The fourth-order valence-corrected chi connectivity index (χ4v) is 4.48. The second-order valence-electron chi connectivity index (χ2n) is 5.64. The lowest BCUT2D eigenvalue weighted by Gasteiger charge is -2.22. The smallest absolute Gasteiger partial charge is 0.244 e. The minimum atomic E-state index is -3.71. The maximum atomic E-state index is 13.4. The SMILES string of the molecule is Cc1cc(S(=O)(=O)N2CCC(C)(CN)C2)c(Cl)cc1F.Cl. The number of hydrogen-bond acceptors (Lipinski definition) is 3. The molecule has 1 saturated heterocycles. The summed E-state index contributed by atoms with van der Waals surface area (Å²) in [4.78, 5) is -0.0423. The van der Waals surface area contributed by atoms with Gasteiger partial charge in [-0.25, -0.2) is 12.8 Å². The van der Waals surface area contributed by atoms with Crippen molar-refractivity contribution >= 4 is 34.0 Å². The predicted octanol–water partition coefficient (Wildman–Crippen LogP) is 2.57. The minimum absolute atomic E-state index is 0. The quantitative estimate of drug-likeness (QED) is 0.904. The number of hydrogen-bond donors (Lipinski definition) is 1. The Labute approximate surface area is 135 Å². The fourth-order valence-electron chi connectivity index (χ4n) is 2.32. The first-order valence-corrected chi connectivity index (χ1v) is 8.17. The highest BCUT2D eigenvalue weighted by Crippen LogP contribution is 2.35. The van der Waals surface area contributed by atoms with Gasteiger partial charge in [-0.1, -0.05) is 18.5 Å². The van der Waals surface area contributed by atoms with Crippen LogP contribution in [0.3, 0.4) is 0 Å². The monoisotopic (exact) mass is 356 g/mol. The number of nitrogens with zero attached hydrogens (tertiary/aromatic N) is 1. The summed E-state index contributed by atoms with van der Waals surface area (Å²) in [6.07, 6.45) is 0.709. The van der Waals surface area contributed by atoms with Crippen LogP contribution in [0.5, 0.6) is 0 Å². The Kier molecular flexibility index (Phi) is 5.67. The molecule has 0 aliphatic carbocycles. The van der Waals surface area contributed by atoms with Crippen LogP contribution in [0.2, 0.25) is 5.02 Å². The number of aryl methyl sites for hydroxylation is 1. The van der Waals surface area contributed by atoms with Crippen LogP contribution in [-0.4, -0.2) is 32.4 Å². The Morgan fingerprint density at radius 1 is 1.48 bits per heavy atom. The van der Waals surface area contributed by atoms with E-state index < -0.39 is 15.8 Å². The molecule has 1 aromatic carbocycles. The zero-order valence-electron chi connectivity index (χ0n) is 11.9. The Morgan fingerprint density at radius 2 is 2.10 bits per heavy atom. The van der Waals surface area contributed by atoms with Crippen molar-refractivity contribution in [2.24, 2.45) is 11.1 Å². The molecule has 1 aliphatic heterocycles. The van der Waals surface area contributed by atoms with Crippen LogP contribution in [0.4, 0.5) is 4.39 Å². The van der Waals surface area contributed by atoms with Crippen molar-refractivity contribution in [2.45, 2.75) is 25.2 Å². The molecule has 1 fully saturated rings. The Hall–Kier alpha value is -0.400. The van der Waals surface area contributed by atoms with Gasteiger partial charge in [-0.05, 0) is 43.0 Å². The normalized spacial score (nSPS) is 23.1. The number of nitrogens with two attached hydrogens (primary N) is 1. The van der Waals surface area contributed by atoms with E-state index in [1.807, 2.05) is 6.92 Å². The second kappa shape index (κ2) is 6.38. The van der Waals surface area contributed by atoms with Crippen molar-refractivity contribution in [2.75, 3.05) is 19.6 Å². The van der Waals surface area contributed by atoms with E-state index in [1.165, 1.54) is 17.3 Å². The van der Waals surface area contributed by atoms with Crippen molar-refractivity contribution in [1.82, 2.24) is 4.31 Å². The van der Waals surface area contributed by atoms with Gasteiger partial charge in [-0.3, -0.25) is 0 Å². The first-order chi connectivity index (χ1) is 9.19. The van der Waals surface area contributed by atoms with Gasteiger partial charge in [0, 0.05) is 13.1 Å². The van der Waals surface area contributed by atoms with Gasteiger partial charge >= 0.3 is 0 Å². The highest BCUT2D eigenvalue weighted by Gasteiger charge is 2.39. The molecule has 0 radical (unpaired) electrons. The highest BCUT2D eigenvalue weighted by molar-refractivity contribution is 7.89. The molecular weight excluding hydrogens is 338 g/mol. The first kappa shape index (κ1) is 18.6. The summed E-state index contributed by atoms with van der Waals surface area (Å²) in [7, 11) is -3.71. The van der Waals surface area contributed by atoms with E-state index in [0.717, 1.165) is 6.07 Å². The summed E-state index contributed by atoms with van der Waals surface area (Å²) in [5.41, 5.74) is 5.73. The van der Waals surface area contributed by atoms with Crippen LogP contribution in [0.15, 0.2) is 17.0 Å². The zero-order valence-corrected chi connectivity index (χ0v) is 14.3. The maximum Gasteiger partial charge on any atom is 0.244 e. The van der Waals surface area contributed by atoms with E-state index in [0.29, 0.717) is 26.1 Å². The third-order valence-corrected chi connectivity index (χ3v) is 6.16. The van der Waals surface area contributed by atoms with Crippen molar-refractivity contribution in [1.29, 1.82) is 0 Å². The van der Waals surface area contributed by atoms with Gasteiger partial charge in [0.25, 0.3) is 0 Å². The van der Waals surface area contributed by atoms with Gasteiger partial charge in [0.2, 0.25) is 10.0 Å². The van der Waals surface area contributed by atoms with E-state index in [2.05, 4.69) is 0 Å². The molecule has 21 heavy (non-hydrogen) atoms. The molecule has 0 spiro atoms. The lowest BCUT2D eigenvalue weighted by atomic mass is 9.90. The Bertz CT molecular complexity index is 639. The van der Waals surface area contributed by atoms with Gasteiger partial charge < -0.3 is 5.73 Å². The molecule has 1 unspecified atom stereocenters. The molecule has 1 aromatic rings. The summed E-state index contributed by atoms with van der Waals surface area (Å²) in [6, 6.07) is 2.33. The molecule has 1 atom stereocenters. The lowest BCUT2D eigenvalue weighted by Crippen LogP contribution is -2.34. The van der Waals surface area contributed by atoms with Gasteiger partial charge in [0.1, 0.15) is 10.7 Å². The van der Waals surface area contributed by atoms with Crippen LogP contribution < -0.4 is 5.73 Å². The maximum absolute atomic E-state index is 13.4. The van der Waals surface area contributed by atoms with Crippen LogP contribution in [0.1, 0.15) is 18.9 Å². The van der Waals surface area contributed by atoms with E-state index in [9.17, 15) is 12.8 Å². The molecular formula is C13H19Cl2FN2O2S. The topological polar surface area (TPSA) is 63.4 Å². The highest BCUT2D eigenvalue weighted by atomic mass is 35.5. The molecule has 0 aromatic heterocycles. The fraction of sp³-hybridized carbons (Fsp3) is 0.538. The van der Waals surface area contributed by atoms with Crippen molar-refractivity contribution in [3.8, 4) is 0 Å². The molecule has 2 N–H and O–H groups in total. The van der Waals surface area contributed by atoms with E-state index in [-0.39, 0.29) is 33.3 Å². The molecule has 0 bridgehead atoms. The van der Waals surface area contributed by atoms with Crippen molar-refractivity contribution < 1.29 is 12.8 Å². The summed E-state index contributed by atoms with van der Waals surface area (Å²) in [6.45, 7) is 4.66. The number of rotatable bonds is 3. The molecule has 0 saturated carbocycles. The summed E-state index contributed by atoms with van der Waals surface area (Å²) in [5.74, 6) is -0.512. The van der Waals surface area contributed by atoms with Crippen LogP contribution in [-0.2, 0) is 10.0 Å². The number of halogens is 3. The van der Waals surface area contributed by atoms with E-state index in [4.69, 9.17) is 17.3 Å². The average Bonchev–Trinajstić information content (AvgIpc) is 2.78. The molecule has 1 heterocycles. The summed E-state index contributed by atoms with van der Waals surface area (Å²) < 4.78 is 40.0. The number of sulfonamides is 1. The largest absolute Gasteiger partial charge is 0.330 e. The molecule has 8 heteroatoms. The van der Waals surface area contributed by atoms with Gasteiger partial charge in [0.05, 0.1) is 5.02 Å². The average molecular weight is 357 g/mol. The van der Waals surface area contributed by atoms with Gasteiger partial charge in [-0.2, -0.15) is 4.31 Å². The summed E-state index contributed by atoms with van der Waals surface area (Å²) >= 11 is 5.90. The van der Waals surface area contributed by atoms with Crippen LogP contribution in [0.25, 0.3) is 0 Å². The van der Waals surface area contributed by atoms with Gasteiger partial charge in [-0.15, -0.1) is 12.4 Å². The van der Waals surface area contributed by atoms with Gasteiger partial charge in [0.15, 0.2) is 0 Å². The standard InChI is InChI=1S/C13H18ClFN2O2S.ClH/c1-9-5-12(10(14)6-11(9)15)20(18,19)17-4-3-13(2,7-16)8-17;/h5-6H,3-4,7-8,16H2,1-2H3;1H. The van der Waals surface area contributed by atoms with Crippen LogP contribution in [0, 0.1) is 18.2 Å². The molecule has 2 rings (SSSR count). The molecule has 1 aliphatic rings. The van der Waals surface area contributed by atoms with Crippen molar-refractivity contribution in [3.63, 3.8) is 0 Å². The Morgan fingerprint density at radius 3 is 2.62 bits per heavy atom. The zero-order chi connectivity index (χ0) is 15.1. The second-order valence-corrected chi connectivity index (χ2v) is 7.95.